The van der Waals surface area contributed by atoms with Gasteiger partial charge in [0.15, 0.2) is 0 Å². The first kappa shape index (κ1) is 19.9. The Hall–Kier alpha value is -4.00. The number of methoxy groups -OCH3 is 2. The number of amides is 1. The number of benzene rings is 3. The summed E-state index contributed by atoms with van der Waals surface area (Å²) in [6.07, 6.45) is 0. The van der Waals surface area contributed by atoms with Gasteiger partial charge in [-0.1, -0.05) is 12.1 Å². The zero-order valence-corrected chi connectivity index (χ0v) is 18.0. The van der Waals surface area contributed by atoms with Crippen LogP contribution in [-0.2, 0) is 13.1 Å². The standard InChI is InChI=1S/C25H24N4O3/c1-31-19-10-7-17(8-11-19)25(30)27-21-12-9-18(15-23(21)32-2)28-13-14-29-22-6-4-3-5-20(22)26-24(29)16-28/h3-12,15H,13-14,16H2,1-2H3,(H,27,30). The summed E-state index contributed by atoms with van der Waals surface area (Å²) in [7, 11) is 3.21. The van der Waals surface area contributed by atoms with Gasteiger partial charge >= 0.3 is 0 Å². The fourth-order valence-corrected chi connectivity index (χ4v) is 4.10. The van der Waals surface area contributed by atoms with Crippen molar-refractivity contribution in [2.75, 3.05) is 31.0 Å². The number of para-hydroxylation sites is 2. The molecule has 1 amide bonds. The van der Waals surface area contributed by atoms with Crippen LogP contribution in [0, 0.1) is 0 Å². The van der Waals surface area contributed by atoms with Gasteiger partial charge in [0.25, 0.3) is 5.91 Å². The predicted molar refractivity (Wildman–Crippen MR) is 125 cm³/mol. The minimum absolute atomic E-state index is 0.203. The zero-order chi connectivity index (χ0) is 22.1. The van der Waals surface area contributed by atoms with E-state index >= 15 is 0 Å². The molecule has 1 N–H and O–H groups in total. The number of carbonyl (C=O) groups is 1. The Morgan fingerprint density at radius 3 is 2.56 bits per heavy atom. The van der Waals surface area contributed by atoms with Crippen molar-refractivity contribution >= 4 is 28.3 Å². The summed E-state index contributed by atoms with van der Waals surface area (Å²) < 4.78 is 13.0. The number of nitrogens with zero attached hydrogens (tertiary/aromatic N) is 3. The zero-order valence-electron chi connectivity index (χ0n) is 18.0. The molecule has 7 heteroatoms. The molecule has 2 heterocycles. The number of fused-ring (bicyclic) bond motifs is 3. The molecule has 5 rings (SSSR count). The van der Waals surface area contributed by atoms with Crippen LogP contribution in [0.2, 0.25) is 0 Å². The van der Waals surface area contributed by atoms with Crippen molar-refractivity contribution in [1.82, 2.24) is 9.55 Å². The number of ether oxygens (including phenoxy) is 2. The highest BCUT2D eigenvalue weighted by atomic mass is 16.5. The van der Waals surface area contributed by atoms with Crippen LogP contribution in [0.5, 0.6) is 11.5 Å². The Kier molecular flexibility index (Phi) is 5.15. The van der Waals surface area contributed by atoms with Gasteiger partial charge in [-0.25, -0.2) is 4.98 Å². The van der Waals surface area contributed by atoms with Gasteiger partial charge in [0.2, 0.25) is 0 Å². The molecule has 3 aromatic carbocycles. The minimum Gasteiger partial charge on any atom is -0.497 e. The largest absolute Gasteiger partial charge is 0.497 e. The molecule has 0 aliphatic carbocycles. The number of anilines is 2. The normalized spacial score (nSPS) is 13.0. The molecule has 0 saturated heterocycles. The molecule has 1 aliphatic heterocycles. The number of imidazole rings is 1. The van der Waals surface area contributed by atoms with Crippen LogP contribution >= 0.6 is 0 Å². The van der Waals surface area contributed by atoms with Crippen LogP contribution in [-0.4, -0.2) is 36.2 Å². The van der Waals surface area contributed by atoms with Crippen LogP contribution in [0.15, 0.2) is 66.7 Å². The van der Waals surface area contributed by atoms with Gasteiger partial charge in [-0.05, 0) is 48.5 Å². The lowest BCUT2D eigenvalue weighted by molar-refractivity contribution is 0.102. The van der Waals surface area contributed by atoms with Crippen LogP contribution in [0.1, 0.15) is 16.2 Å². The Morgan fingerprint density at radius 2 is 1.78 bits per heavy atom. The van der Waals surface area contributed by atoms with Gasteiger partial charge in [0.1, 0.15) is 17.3 Å². The van der Waals surface area contributed by atoms with Crippen molar-refractivity contribution in [3.8, 4) is 11.5 Å². The molecule has 0 radical (unpaired) electrons. The van der Waals surface area contributed by atoms with Crippen molar-refractivity contribution in [3.63, 3.8) is 0 Å². The van der Waals surface area contributed by atoms with Crippen LogP contribution in [0.4, 0.5) is 11.4 Å². The third kappa shape index (κ3) is 3.62. The first-order chi connectivity index (χ1) is 15.7. The molecule has 0 unspecified atom stereocenters. The monoisotopic (exact) mass is 428 g/mol. The number of carbonyl (C=O) groups excluding carboxylic acids is 1. The number of rotatable bonds is 5. The molecule has 0 bridgehead atoms. The lowest BCUT2D eigenvalue weighted by atomic mass is 10.2. The SMILES string of the molecule is COc1ccc(C(=O)Nc2ccc(N3CCn4c(nc5ccccc54)C3)cc2OC)cc1. The topological polar surface area (TPSA) is 68.6 Å². The molecule has 1 aromatic heterocycles. The summed E-state index contributed by atoms with van der Waals surface area (Å²) in [6, 6.07) is 21.1. The molecule has 32 heavy (non-hydrogen) atoms. The highest BCUT2D eigenvalue weighted by Gasteiger charge is 2.21. The second-order valence-corrected chi connectivity index (χ2v) is 7.66. The fraction of sp³-hybridized carbons (Fsp3) is 0.200. The Bertz CT molecular complexity index is 1280. The highest BCUT2D eigenvalue weighted by Crippen LogP contribution is 2.32. The van der Waals surface area contributed by atoms with Crippen LogP contribution in [0.3, 0.4) is 0 Å². The van der Waals surface area contributed by atoms with Gasteiger partial charge in [0.05, 0.1) is 37.5 Å². The van der Waals surface area contributed by atoms with E-state index in [4.69, 9.17) is 14.5 Å². The number of hydrogen-bond acceptors (Lipinski definition) is 5. The summed E-state index contributed by atoms with van der Waals surface area (Å²) in [5, 5.41) is 2.94. The Morgan fingerprint density at radius 1 is 0.969 bits per heavy atom. The average Bonchev–Trinajstić information content (AvgIpc) is 3.22. The molecular formula is C25H24N4O3. The van der Waals surface area contributed by atoms with Gasteiger partial charge in [0, 0.05) is 30.4 Å². The van der Waals surface area contributed by atoms with E-state index in [1.807, 2.05) is 36.4 Å². The lowest BCUT2D eigenvalue weighted by Crippen LogP contribution is -2.33. The minimum atomic E-state index is -0.203. The molecule has 0 saturated carbocycles. The molecule has 0 fully saturated rings. The predicted octanol–water partition coefficient (Wildman–Crippen LogP) is 4.33. The molecule has 1 aliphatic rings. The highest BCUT2D eigenvalue weighted by molar-refractivity contribution is 6.05. The summed E-state index contributed by atoms with van der Waals surface area (Å²) in [4.78, 5) is 19.7. The van der Waals surface area contributed by atoms with E-state index in [0.717, 1.165) is 36.7 Å². The van der Waals surface area contributed by atoms with Crippen molar-refractivity contribution in [3.05, 3.63) is 78.1 Å². The first-order valence-corrected chi connectivity index (χ1v) is 10.5. The van der Waals surface area contributed by atoms with Crippen molar-refractivity contribution in [2.24, 2.45) is 0 Å². The maximum Gasteiger partial charge on any atom is 0.255 e. The summed E-state index contributed by atoms with van der Waals surface area (Å²) >= 11 is 0. The molecule has 162 valence electrons. The molecule has 4 aromatic rings. The second-order valence-electron chi connectivity index (χ2n) is 7.66. The van der Waals surface area contributed by atoms with Crippen molar-refractivity contribution < 1.29 is 14.3 Å². The molecule has 0 atom stereocenters. The van der Waals surface area contributed by atoms with E-state index in [2.05, 4.69) is 20.9 Å². The van der Waals surface area contributed by atoms with Crippen LogP contribution in [0.25, 0.3) is 11.0 Å². The number of aromatic nitrogens is 2. The summed E-state index contributed by atoms with van der Waals surface area (Å²) in [5.74, 6) is 2.17. The Labute approximate surface area is 186 Å². The smallest absolute Gasteiger partial charge is 0.255 e. The lowest BCUT2D eigenvalue weighted by Gasteiger charge is -2.30. The van der Waals surface area contributed by atoms with Crippen LogP contribution < -0.4 is 19.7 Å². The maximum atomic E-state index is 12.7. The third-order valence-corrected chi connectivity index (χ3v) is 5.81. The fourth-order valence-electron chi connectivity index (χ4n) is 4.10. The van der Waals surface area contributed by atoms with Crippen molar-refractivity contribution in [1.29, 1.82) is 0 Å². The van der Waals surface area contributed by atoms with E-state index in [1.165, 1.54) is 5.52 Å². The molecular weight excluding hydrogens is 404 g/mol. The second kappa shape index (κ2) is 8.26. The average molecular weight is 428 g/mol. The van der Waals surface area contributed by atoms with E-state index in [-0.39, 0.29) is 5.91 Å². The van der Waals surface area contributed by atoms with E-state index in [1.54, 1.807) is 38.5 Å². The van der Waals surface area contributed by atoms with Gasteiger partial charge in [-0.3, -0.25) is 4.79 Å². The van der Waals surface area contributed by atoms with E-state index in [0.29, 0.717) is 22.7 Å². The van der Waals surface area contributed by atoms with E-state index < -0.39 is 0 Å². The van der Waals surface area contributed by atoms with Gasteiger partial charge in [-0.15, -0.1) is 0 Å². The molecule has 0 spiro atoms. The maximum absolute atomic E-state index is 12.7. The van der Waals surface area contributed by atoms with Gasteiger partial charge in [-0.2, -0.15) is 0 Å². The number of nitrogens with one attached hydrogen (secondary N) is 1. The van der Waals surface area contributed by atoms with Crippen molar-refractivity contribution in [2.45, 2.75) is 13.1 Å². The quantitative estimate of drug-likeness (QED) is 0.513. The van der Waals surface area contributed by atoms with Gasteiger partial charge < -0.3 is 24.3 Å². The summed E-state index contributed by atoms with van der Waals surface area (Å²) in [6.45, 7) is 2.46. The summed E-state index contributed by atoms with van der Waals surface area (Å²) in [5.41, 5.74) is 4.41. The molecule has 7 nitrogen and oxygen atoms in total. The van der Waals surface area contributed by atoms with E-state index in [9.17, 15) is 4.79 Å². The number of hydrogen-bond donors (Lipinski definition) is 1. The first-order valence-electron chi connectivity index (χ1n) is 10.5. The third-order valence-electron chi connectivity index (χ3n) is 5.81. The Balaban J connectivity index is 1.35.